The molecule has 12 rings (SSSR count). The summed E-state index contributed by atoms with van der Waals surface area (Å²) >= 11 is 0. The molecule has 6 heterocycles. The molecule has 27 heteroatoms. The summed E-state index contributed by atoms with van der Waals surface area (Å²) in [5, 5.41) is 16.8. The van der Waals surface area contributed by atoms with Gasteiger partial charge in [-0.3, -0.25) is 29.1 Å². The van der Waals surface area contributed by atoms with E-state index in [1.807, 2.05) is 26.0 Å². The van der Waals surface area contributed by atoms with Crippen LogP contribution in [0.5, 0.6) is 11.5 Å². The normalized spacial score (nSPS) is 17.6. The monoisotopic (exact) mass is 1340 g/mol. The number of halogens is 9. The van der Waals surface area contributed by atoms with Gasteiger partial charge in [0.15, 0.2) is 0 Å². The summed E-state index contributed by atoms with van der Waals surface area (Å²) in [5.74, 6) is -1.01. The first-order chi connectivity index (χ1) is 45.5. The lowest BCUT2D eigenvalue weighted by Gasteiger charge is -2.34. The quantitative estimate of drug-likeness (QED) is 0.0631. The first-order valence-corrected chi connectivity index (χ1v) is 30.6. The second-order valence-electron chi connectivity index (χ2n) is 23.5. The molecule has 6 aliphatic heterocycles. The van der Waals surface area contributed by atoms with Crippen molar-refractivity contribution in [2.75, 3.05) is 64.0 Å². The number of amides is 9. The van der Waals surface area contributed by atoms with E-state index in [0.717, 1.165) is 64.5 Å². The molecular weight excluding hydrogens is 1270 g/mol. The highest BCUT2D eigenvalue weighted by molar-refractivity contribution is 6.08. The predicted octanol–water partition coefficient (Wildman–Crippen LogP) is 14.6. The lowest BCUT2D eigenvalue weighted by Crippen LogP contribution is -2.44. The average Bonchev–Trinajstić information content (AvgIpc) is 0.904. The third-order valence-electron chi connectivity index (χ3n) is 16.5. The number of ether oxygens (including phenoxy) is 3. The second kappa shape index (κ2) is 27.9. The summed E-state index contributed by atoms with van der Waals surface area (Å²) in [6.45, 7) is 9.67. The number of rotatable bonds is 8. The Morgan fingerprint density at radius 2 is 0.958 bits per heavy atom. The molecule has 6 aromatic carbocycles. The smallest absolute Gasteiger partial charge is 0.416 e. The highest BCUT2D eigenvalue weighted by Crippen LogP contribution is 2.45. The number of anilines is 6. The number of nitrogens with zero attached hydrogens (tertiary/aromatic N) is 3. The van der Waals surface area contributed by atoms with Crippen molar-refractivity contribution in [1.82, 2.24) is 16.0 Å². The second-order valence-corrected chi connectivity index (χ2v) is 23.5. The Hall–Kier alpha value is -10.3. The highest BCUT2D eigenvalue weighted by atomic mass is 19.4. The number of urea groups is 3. The van der Waals surface area contributed by atoms with Crippen LogP contribution in [0.3, 0.4) is 0 Å². The van der Waals surface area contributed by atoms with Crippen LogP contribution >= 0.6 is 0 Å². The van der Waals surface area contributed by atoms with Crippen LogP contribution in [-0.2, 0) is 63.9 Å². The molecule has 96 heavy (non-hydrogen) atoms. The molecule has 0 bridgehead atoms. The number of fused-ring (bicyclic) bond motifs is 6. The minimum atomic E-state index is -4.49. The Morgan fingerprint density at radius 1 is 0.531 bits per heavy atom. The van der Waals surface area contributed by atoms with Gasteiger partial charge in [-0.25, -0.2) is 14.4 Å². The van der Waals surface area contributed by atoms with Gasteiger partial charge in [-0.2, -0.15) is 39.5 Å². The first kappa shape index (κ1) is 68.5. The molecule has 9 amide bonds. The number of hydrogen-bond acceptors (Lipinski definition) is 9. The lowest BCUT2D eigenvalue weighted by molar-refractivity contribution is -0.138. The van der Waals surface area contributed by atoms with E-state index >= 15 is 0 Å². The van der Waals surface area contributed by atoms with Crippen molar-refractivity contribution in [2.24, 2.45) is 0 Å². The fourth-order valence-electron chi connectivity index (χ4n) is 11.9. The topological polar surface area (TPSA) is 212 Å². The van der Waals surface area contributed by atoms with Gasteiger partial charge in [-0.1, -0.05) is 36.4 Å². The maximum Gasteiger partial charge on any atom is 0.416 e. The molecule has 0 saturated carbocycles. The van der Waals surface area contributed by atoms with E-state index in [4.69, 9.17) is 14.2 Å². The fraction of sp³-hybridized carbons (Fsp3) is 0.304. The average molecular weight is 1340 g/mol. The molecule has 504 valence electrons. The molecule has 18 nitrogen and oxygen atoms in total. The number of alkyl halides is 9. The van der Waals surface area contributed by atoms with Crippen LogP contribution in [0.1, 0.15) is 109 Å². The van der Waals surface area contributed by atoms with Crippen molar-refractivity contribution in [2.45, 2.75) is 104 Å². The Labute approximate surface area is 545 Å². The van der Waals surface area contributed by atoms with E-state index in [0.29, 0.717) is 107 Å². The van der Waals surface area contributed by atoms with Gasteiger partial charge >= 0.3 is 36.6 Å². The Morgan fingerprint density at radius 3 is 1.46 bits per heavy atom. The van der Waals surface area contributed by atoms with Crippen LogP contribution in [0.4, 0.5) is 88.0 Å². The molecule has 6 N–H and O–H groups in total. The van der Waals surface area contributed by atoms with Crippen molar-refractivity contribution in [3.05, 3.63) is 183 Å². The van der Waals surface area contributed by atoms with Crippen LogP contribution in [0.15, 0.2) is 127 Å². The van der Waals surface area contributed by atoms with Gasteiger partial charge in [-0.05, 0) is 148 Å². The third-order valence-corrected chi connectivity index (χ3v) is 16.5. The predicted molar refractivity (Wildman–Crippen MR) is 343 cm³/mol. The molecule has 0 atom stereocenters. The number of carbonyl (C=O) groups excluding carboxylic acids is 6. The van der Waals surface area contributed by atoms with Gasteiger partial charge in [0.05, 0.1) is 53.6 Å². The molecule has 0 aliphatic carbocycles. The van der Waals surface area contributed by atoms with Crippen LogP contribution in [-0.4, -0.2) is 74.8 Å². The number of hydrogen-bond donors (Lipinski definition) is 6. The summed E-state index contributed by atoms with van der Waals surface area (Å²) in [7, 11) is 1.64. The zero-order valence-corrected chi connectivity index (χ0v) is 52.5. The minimum Gasteiger partial charge on any atom is -0.493 e. The Bertz CT molecular complexity index is 3990. The number of nitrogens with one attached hydrogen (secondary N) is 6. The van der Waals surface area contributed by atoms with Gasteiger partial charge in [0.2, 0.25) is 17.7 Å². The van der Waals surface area contributed by atoms with Gasteiger partial charge in [0, 0.05) is 109 Å². The summed E-state index contributed by atoms with van der Waals surface area (Å²) in [6.07, 6.45) is -7.39. The summed E-state index contributed by atoms with van der Waals surface area (Å²) in [4.78, 5) is 79.1. The first-order valence-electron chi connectivity index (χ1n) is 30.6. The van der Waals surface area contributed by atoms with Crippen LogP contribution in [0.25, 0.3) is 16.7 Å². The molecule has 0 radical (unpaired) electrons. The lowest BCUT2D eigenvalue weighted by atomic mass is 9.88. The van der Waals surface area contributed by atoms with Crippen LogP contribution in [0, 0.1) is 0 Å². The molecule has 6 aromatic rings. The number of allylic oxidation sites excluding steroid dienone is 1. The van der Waals surface area contributed by atoms with E-state index < -0.39 is 58.5 Å². The Balaban J connectivity index is 0.000000157. The van der Waals surface area contributed by atoms with Crippen molar-refractivity contribution in [3.63, 3.8) is 0 Å². The van der Waals surface area contributed by atoms with Gasteiger partial charge in [0.1, 0.15) is 17.1 Å². The van der Waals surface area contributed by atoms with E-state index in [1.165, 1.54) is 41.3 Å². The van der Waals surface area contributed by atoms with Crippen molar-refractivity contribution < 1.29 is 82.5 Å². The van der Waals surface area contributed by atoms with Gasteiger partial charge in [0.25, 0.3) is 0 Å². The van der Waals surface area contributed by atoms with Crippen LogP contribution < -0.4 is 56.1 Å². The SMILES string of the molecule is CCN1C(=O)NCc2c(NC(=O)/C=C3\CCCOc4cc(C(F)(F)F)ccc43)cccc21.CCN1C(=O)NCc2c(NC(=O)/C=C3\CCOCc4cc(C(F)(F)F)ccc43)cccc21.CN1C(=O)NCc2c(NC(=O)/C=C3\CC(C)(C)Oc4cc(C(F)(F)F)ccc43)cccc21. The summed E-state index contributed by atoms with van der Waals surface area (Å²) in [6, 6.07) is 25.4. The number of benzene rings is 6. The van der Waals surface area contributed by atoms with Gasteiger partial charge in [-0.15, -0.1) is 0 Å². The molecule has 0 fully saturated rings. The van der Waals surface area contributed by atoms with Crippen molar-refractivity contribution in [3.8, 4) is 11.5 Å². The number of carbonyl (C=O) groups is 6. The fourth-order valence-corrected chi connectivity index (χ4v) is 11.9. The largest absolute Gasteiger partial charge is 0.493 e. The molecule has 0 aromatic heterocycles. The molecule has 6 aliphatic rings. The maximum atomic E-state index is 13.1. The molecule has 0 saturated heterocycles. The standard InChI is InChI=1S/3C23H22F3N3O3/c1-22(2)11-13(15-8-7-14(23(24,25)26)10-19(15)32-22)9-20(30)28-17-5-4-6-18-16(17)12-27-21(31)29(18)3;1-2-29-19-7-3-6-18(17(19)13-27-22(29)31)28-21(30)11-14-5-4-10-32-20-12-15(23(24,25)26)8-9-16(14)20;1-2-29-20-5-3-4-19(18(20)12-27-22(29)31)28-21(30)11-14-8-9-32-13-15-10-16(23(24,25)26)6-7-17(14)15/h4-10H,11-12H2,1-3H3,(H,27,31)(H,28,30);3,6-9,11-12H,2,4-5,10,13H2,1H3,(H,27,31)(H,28,30);3-7,10-11H,2,8-9,12-13H2,1H3,(H,27,31)(H,28,30)/b13-9+;2*14-11+. The Kier molecular flexibility index (Phi) is 20.0. The zero-order chi connectivity index (χ0) is 69.0. The van der Waals surface area contributed by atoms with Crippen LogP contribution in [0.2, 0.25) is 0 Å². The van der Waals surface area contributed by atoms with E-state index in [1.54, 1.807) is 73.2 Å². The third kappa shape index (κ3) is 15.6. The van der Waals surface area contributed by atoms with Crippen molar-refractivity contribution in [1.29, 1.82) is 0 Å². The minimum absolute atomic E-state index is 0.0525. The van der Waals surface area contributed by atoms with Gasteiger partial charge < -0.3 is 46.1 Å². The van der Waals surface area contributed by atoms with E-state index in [2.05, 4.69) is 31.9 Å². The zero-order valence-electron chi connectivity index (χ0n) is 52.5. The van der Waals surface area contributed by atoms with Crippen molar-refractivity contribution >= 4 is 86.7 Å². The molecule has 0 spiro atoms. The summed E-state index contributed by atoms with van der Waals surface area (Å²) < 4.78 is 134. The highest BCUT2D eigenvalue weighted by Gasteiger charge is 2.37. The molecule has 0 unspecified atom stereocenters. The van der Waals surface area contributed by atoms with E-state index in [-0.39, 0.29) is 62.4 Å². The van der Waals surface area contributed by atoms with E-state index in [9.17, 15) is 68.3 Å². The molecular formula is C69H66F9N9O9. The summed E-state index contributed by atoms with van der Waals surface area (Å²) in [5.41, 5.74) is 6.78. The maximum absolute atomic E-state index is 13.1.